The fourth-order valence-corrected chi connectivity index (χ4v) is 1.09. The zero-order valence-corrected chi connectivity index (χ0v) is 6.50. The molecule has 10 heavy (non-hydrogen) atoms. The lowest BCUT2D eigenvalue weighted by Gasteiger charge is -2.14. The van der Waals surface area contributed by atoms with Crippen LogP contribution in [0.15, 0.2) is 0 Å². The van der Waals surface area contributed by atoms with Crippen molar-refractivity contribution in [2.24, 2.45) is 11.8 Å². The molecular weight excluding hydrogens is 128 g/mol. The summed E-state index contributed by atoms with van der Waals surface area (Å²) in [5.41, 5.74) is 0. The highest BCUT2D eigenvalue weighted by Gasteiger charge is 2.34. The van der Waals surface area contributed by atoms with E-state index in [1.54, 1.807) is 6.92 Å². The SMILES string of the molecule is CC(=O)C(C)C(O)C1CC1. The van der Waals surface area contributed by atoms with Gasteiger partial charge in [-0.3, -0.25) is 4.79 Å². The van der Waals surface area contributed by atoms with Crippen molar-refractivity contribution < 1.29 is 9.90 Å². The molecule has 1 aliphatic rings. The Labute approximate surface area is 61.2 Å². The zero-order valence-electron chi connectivity index (χ0n) is 6.50. The van der Waals surface area contributed by atoms with Gasteiger partial charge in [0.25, 0.3) is 0 Å². The predicted molar refractivity (Wildman–Crippen MR) is 38.6 cm³/mol. The molecule has 0 aliphatic heterocycles. The molecule has 0 amide bonds. The molecule has 58 valence electrons. The van der Waals surface area contributed by atoms with Gasteiger partial charge >= 0.3 is 0 Å². The van der Waals surface area contributed by atoms with Gasteiger partial charge in [0.1, 0.15) is 5.78 Å². The standard InChI is InChI=1S/C8H14O2/c1-5(6(2)9)8(10)7-3-4-7/h5,7-8,10H,3-4H2,1-2H3. The van der Waals surface area contributed by atoms with Crippen LogP contribution in [0.2, 0.25) is 0 Å². The number of aliphatic hydroxyl groups excluding tert-OH is 1. The second-order valence-electron chi connectivity index (χ2n) is 3.23. The Morgan fingerprint density at radius 3 is 2.40 bits per heavy atom. The molecule has 2 atom stereocenters. The third-order valence-electron chi connectivity index (χ3n) is 2.26. The van der Waals surface area contributed by atoms with E-state index in [1.807, 2.05) is 0 Å². The number of ketones is 1. The van der Waals surface area contributed by atoms with Gasteiger partial charge in [-0.1, -0.05) is 6.92 Å². The largest absolute Gasteiger partial charge is 0.392 e. The lowest BCUT2D eigenvalue weighted by atomic mass is 9.97. The second kappa shape index (κ2) is 2.70. The van der Waals surface area contributed by atoms with Crippen molar-refractivity contribution in [3.63, 3.8) is 0 Å². The Bertz CT molecular complexity index is 138. The van der Waals surface area contributed by atoms with Crippen LogP contribution in [0.25, 0.3) is 0 Å². The number of hydrogen-bond donors (Lipinski definition) is 1. The Morgan fingerprint density at radius 1 is 1.60 bits per heavy atom. The van der Waals surface area contributed by atoms with Crippen LogP contribution in [-0.2, 0) is 4.79 Å². The van der Waals surface area contributed by atoms with Gasteiger partial charge in [0, 0.05) is 5.92 Å². The van der Waals surface area contributed by atoms with Crippen LogP contribution >= 0.6 is 0 Å². The van der Waals surface area contributed by atoms with Crippen LogP contribution in [0.4, 0.5) is 0 Å². The van der Waals surface area contributed by atoms with Gasteiger partial charge in [-0.05, 0) is 25.7 Å². The van der Waals surface area contributed by atoms with Crippen LogP contribution in [0.5, 0.6) is 0 Å². The summed E-state index contributed by atoms with van der Waals surface area (Å²) >= 11 is 0. The van der Waals surface area contributed by atoms with Crippen molar-refractivity contribution in [1.82, 2.24) is 0 Å². The third-order valence-corrected chi connectivity index (χ3v) is 2.26. The average molecular weight is 142 g/mol. The second-order valence-corrected chi connectivity index (χ2v) is 3.23. The molecule has 0 spiro atoms. The molecule has 2 unspecified atom stereocenters. The number of carbonyl (C=O) groups excluding carboxylic acids is 1. The molecule has 2 nitrogen and oxygen atoms in total. The molecule has 0 bridgehead atoms. The van der Waals surface area contributed by atoms with Crippen molar-refractivity contribution in [1.29, 1.82) is 0 Å². The summed E-state index contributed by atoms with van der Waals surface area (Å²) in [4.78, 5) is 10.8. The quantitative estimate of drug-likeness (QED) is 0.637. The topological polar surface area (TPSA) is 37.3 Å². The number of aliphatic hydroxyl groups is 1. The van der Waals surface area contributed by atoms with Crippen molar-refractivity contribution in [3.05, 3.63) is 0 Å². The van der Waals surface area contributed by atoms with Crippen molar-refractivity contribution in [3.8, 4) is 0 Å². The van der Waals surface area contributed by atoms with Crippen molar-refractivity contribution >= 4 is 5.78 Å². The molecule has 0 radical (unpaired) electrons. The normalized spacial score (nSPS) is 23.9. The highest BCUT2D eigenvalue weighted by atomic mass is 16.3. The molecule has 0 aromatic heterocycles. The minimum Gasteiger partial charge on any atom is -0.392 e. The van der Waals surface area contributed by atoms with Crippen LogP contribution in [-0.4, -0.2) is 17.0 Å². The maximum absolute atomic E-state index is 10.8. The van der Waals surface area contributed by atoms with Gasteiger partial charge in [-0.15, -0.1) is 0 Å². The molecule has 0 saturated heterocycles. The maximum atomic E-state index is 10.8. The van der Waals surface area contributed by atoms with Crippen molar-refractivity contribution in [2.45, 2.75) is 32.8 Å². The number of carbonyl (C=O) groups is 1. The van der Waals surface area contributed by atoms with E-state index in [9.17, 15) is 9.90 Å². The summed E-state index contributed by atoms with van der Waals surface area (Å²) in [6, 6.07) is 0. The van der Waals surface area contributed by atoms with Gasteiger partial charge in [0.15, 0.2) is 0 Å². The van der Waals surface area contributed by atoms with E-state index in [2.05, 4.69) is 0 Å². The first-order valence-corrected chi connectivity index (χ1v) is 3.81. The highest BCUT2D eigenvalue weighted by molar-refractivity contribution is 5.78. The van der Waals surface area contributed by atoms with E-state index in [0.29, 0.717) is 5.92 Å². The Morgan fingerprint density at radius 2 is 2.10 bits per heavy atom. The highest BCUT2D eigenvalue weighted by Crippen LogP contribution is 2.35. The average Bonchev–Trinajstić information content (AvgIpc) is 2.65. The van der Waals surface area contributed by atoms with Gasteiger partial charge in [0.05, 0.1) is 6.10 Å². The Kier molecular flexibility index (Phi) is 2.09. The molecule has 0 aromatic carbocycles. The molecule has 0 aromatic rings. The Hall–Kier alpha value is -0.370. The Balaban J connectivity index is 2.38. The smallest absolute Gasteiger partial charge is 0.135 e. The van der Waals surface area contributed by atoms with Crippen LogP contribution in [0.1, 0.15) is 26.7 Å². The van der Waals surface area contributed by atoms with E-state index in [1.165, 1.54) is 6.92 Å². The molecular formula is C8H14O2. The summed E-state index contributed by atoms with van der Waals surface area (Å²) in [5, 5.41) is 9.41. The molecule has 1 fully saturated rings. The van der Waals surface area contributed by atoms with E-state index in [4.69, 9.17) is 0 Å². The summed E-state index contributed by atoms with van der Waals surface area (Å²) in [7, 11) is 0. The van der Waals surface area contributed by atoms with Gasteiger partial charge in [-0.25, -0.2) is 0 Å². The first-order chi connectivity index (χ1) is 4.63. The third kappa shape index (κ3) is 1.57. The van der Waals surface area contributed by atoms with Crippen LogP contribution < -0.4 is 0 Å². The molecule has 1 N–H and O–H groups in total. The van der Waals surface area contributed by atoms with Crippen LogP contribution in [0, 0.1) is 11.8 Å². The van der Waals surface area contributed by atoms with Gasteiger partial charge in [-0.2, -0.15) is 0 Å². The molecule has 1 saturated carbocycles. The molecule has 1 aliphatic carbocycles. The van der Waals surface area contributed by atoms with E-state index in [0.717, 1.165) is 12.8 Å². The van der Waals surface area contributed by atoms with Crippen molar-refractivity contribution in [2.75, 3.05) is 0 Å². The molecule has 0 heterocycles. The van der Waals surface area contributed by atoms with E-state index >= 15 is 0 Å². The monoisotopic (exact) mass is 142 g/mol. The minimum atomic E-state index is -0.377. The molecule has 1 rings (SSSR count). The van der Waals surface area contributed by atoms with Crippen LogP contribution in [0.3, 0.4) is 0 Å². The summed E-state index contributed by atoms with van der Waals surface area (Å²) in [6.07, 6.45) is 1.81. The van der Waals surface area contributed by atoms with E-state index < -0.39 is 0 Å². The molecule has 2 heteroatoms. The summed E-state index contributed by atoms with van der Waals surface area (Å²) in [6.45, 7) is 3.33. The lowest BCUT2D eigenvalue weighted by Crippen LogP contribution is -2.25. The predicted octanol–water partition coefficient (Wildman–Crippen LogP) is 0.982. The minimum absolute atomic E-state index is 0.0967. The number of hydrogen-bond acceptors (Lipinski definition) is 2. The summed E-state index contributed by atoms with van der Waals surface area (Å²) in [5.74, 6) is 0.353. The first-order valence-electron chi connectivity index (χ1n) is 3.81. The van der Waals surface area contributed by atoms with Gasteiger partial charge in [0.2, 0.25) is 0 Å². The summed E-state index contributed by atoms with van der Waals surface area (Å²) < 4.78 is 0. The first kappa shape index (κ1) is 7.73. The lowest BCUT2D eigenvalue weighted by molar-refractivity contribution is -0.123. The van der Waals surface area contributed by atoms with Gasteiger partial charge < -0.3 is 5.11 Å². The fourth-order valence-electron chi connectivity index (χ4n) is 1.09. The maximum Gasteiger partial charge on any atom is 0.135 e. The zero-order chi connectivity index (χ0) is 7.72. The number of Topliss-reactive ketones (excluding diaryl/α,β-unsaturated/α-hetero) is 1. The number of rotatable bonds is 3. The van der Waals surface area contributed by atoms with E-state index in [-0.39, 0.29) is 17.8 Å². The fraction of sp³-hybridized carbons (Fsp3) is 0.875.